The highest BCUT2D eigenvalue weighted by atomic mass is 32.2. The molecule has 0 rings (SSSR count). The van der Waals surface area contributed by atoms with Gasteiger partial charge in [-0.3, -0.25) is 19.2 Å². The molecule has 0 bridgehead atoms. The molecule has 0 radical (unpaired) electrons. The quantitative estimate of drug-likeness (QED) is 0.131. The lowest BCUT2D eigenvalue weighted by atomic mass is 9.97. The van der Waals surface area contributed by atoms with Crippen LogP contribution in [-0.2, 0) is 24.0 Å². The van der Waals surface area contributed by atoms with Gasteiger partial charge in [0.1, 0.15) is 18.1 Å². The van der Waals surface area contributed by atoms with Gasteiger partial charge in [0, 0.05) is 12.2 Å². The minimum Gasteiger partial charge on any atom is -0.480 e. The van der Waals surface area contributed by atoms with E-state index in [9.17, 15) is 29.1 Å². The van der Waals surface area contributed by atoms with Gasteiger partial charge in [-0.05, 0) is 30.8 Å². The normalized spacial score (nSPS) is 15.5. The number of carbonyl (C=O) groups excluding carboxylic acids is 4. The number of carboxylic acids is 1. The number of hydrogen-bond acceptors (Lipinski definition) is 8. The van der Waals surface area contributed by atoms with Crippen LogP contribution in [-0.4, -0.2) is 76.6 Å². The lowest BCUT2D eigenvalue weighted by Gasteiger charge is -2.27. The Hall–Kier alpha value is -1.99. The van der Waals surface area contributed by atoms with E-state index in [-0.39, 0.29) is 24.5 Å². The van der Waals surface area contributed by atoms with E-state index >= 15 is 0 Å². The monoisotopic (exact) mass is 493 g/mol. The van der Waals surface area contributed by atoms with Gasteiger partial charge in [-0.25, -0.2) is 4.79 Å². The number of hydrogen-bond donors (Lipinski definition) is 7. The maximum atomic E-state index is 12.8. The number of carbonyl (C=O) groups is 5. The van der Waals surface area contributed by atoms with Crippen molar-refractivity contribution in [2.75, 3.05) is 17.8 Å². The maximum Gasteiger partial charge on any atom is 0.326 e. The van der Waals surface area contributed by atoms with Gasteiger partial charge in [0.25, 0.3) is 0 Å². The fraction of sp³-hybridized carbons (Fsp3) is 0.737. The van der Waals surface area contributed by atoms with Crippen LogP contribution in [0.4, 0.5) is 0 Å². The number of thioether (sulfide) groups is 1. The lowest BCUT2D eigenvalue weighted by molar-refractivity contribution is -0.143. The van der Waals surface area contributed by atoms with Crippen LogP contribution in [0.3, 0.4) is 0 Å². The molecular formula is C19H35N5O6S2. The highest BCUT2D eigenvalue weighted by Crippen LogP contribution is 2.10. The van der Waals surface area contributed by atoms with Crippen molar-refractivity contribution in [3.05, 3.63) is 0 Å². The number of rotatable bonds is 16. The van der Waals surface area contributed by atoms with Gasteiger partial charge < -0.3 is 32.5 Å². The predicted molar refractivity (Wildman–Crippen MR) is 126 cm³/mol. The molecule has 0 heterocycles. The van der Waals surface area contributed by atoms with E-state index in [0.717, 1.165) is 0 Å². The minimum absolute atomic E-state index is 0.0297. The lowest BCUT2D eigenvalue weighted by Crippen LogP contribution is -2.59. The molecule has 0 aliphatic heterocycles. The van der Waals surface area contributed by atoms with Crippen LogP contribution in [0.1, 0.15) is 39.5 Å². The van der Waals surface area contributed by atoms with Crippen LogP contribution in [0.25, 0.3) is 0 Å². The Morgan fingerprint density at radius 3 is 2.06 bits per heavy atom. The van der Waals surface area contributed by atoms with Crippen molar-refractivity contribution < 1.29 is 29.1 Å². The molecule has 4 amide bonds. The number of carboxylic acid groups (broad SMARTS) is 1. The first kappa shape index (κ1) is 30.0. The van der Waals surface area contributed by atoms with Crippen LogP contribution in [0, 0.1) is 5.92 Å². The molecule has 0 aliphatic rings. The van der Waals surface area contributed by atoms with E-state index in [1.54, 1.807) is 18.7 Å². The Balaban J connectivity index is 5.27. The maximum absolute atomic E-state index is 12.8. The highest BCUT2D eigenvalue weighted by molar-refractivity contribution is 7.98. The van der Waals surface area contributed by atoms with Crippen LogP contribution < -0.4 is 27.4 Å². The zero-order chi connectivity index (χ0) is 24.8. The third kappa shape index (κ3) is 11.0. The second-order valence-electron chi connectivity index (χ2n) is 7.41. The molecule has 5 atom stereocenters. The summed E-state index contributed by atoms with van der Waals surface area (Å²) in [5, 5.41) is 16.8. The number of thiol groups is 1. The first-order valence-electron chi connectivity index (χ1n) is 10.3. The number of primary amides is 1. The molecule has 11 nitrogen and oxygen atoms in total. The molecule has 32 heavy (non-hydrogen) atoms. The minimum atomic E-state index is -1.34. The van der Waals surface area contributed by atoms with Crippen LogP contribution in [0.15, 0.2) is 0 Å². The second-order valence-corrected chi connectivity index (χ2v) is 8.76. The molecule has 5 unspecified atom stereocenters. The number of nitrogens with one attached hydrogen (secondary N) is 3. The summed E-state index contributed by atoms with van der Waals surface area (Å²) in [6, 6.07) is -4.22. The Kier molecular flexibility index (Phi) is 14.8. The van der Waals surface area contributed by atoms with Crippen LogP contribution >= 0.6 is 24.4 Å². The Labute approximate surface area is 198 Å². The van der Waals surface area contributed by atoms with Gasteiger partial charge in [-0.15, -0.1) is 0 Å². The molecule has 0 fully saturated rings. The summed E-state index contributed by atoms with van der Waals surface area (Å²) in [4.78, 5) is 60.1. The molecule has 0 aliphatic carbocycles. The Bertz CT molecular complexity index is 666. The zero-order valence-electron chi connectivity index (χ0n) is 18.6. The first-order chi connectivity index (χ1) is 15.0. The van der Waals surface area contributed by atoms with Gasteiger partial charge in [0.05, 0.1) is 6.04 Å². The molecule has 0 aromatic carbocycles. The van der Waals surface area contributed by atoms with Crippen molar-refractivity contribution in [1.29, 1.82) is 0 Å². The third-order valence-corrected chi connectivity index (χ3v) is 5.88. The molecule has 0 spiro atoms. The van der Waals surface area contributed by atoms with Gasteiger partial charge >= 0.3 is 5.97 Å². The van der Waals surface area contributed by atoms with Crippen molar-refractivity contribution in [3.63, 3.8) is 0 Å². The van der Waals surface area contributed by atoms with Gasteiger partial charge in [-0.1, -0.05) is 20.3 Å². The van der Waals surface area contributed by atoms with Crippen molar-refractivity contribution in [2.24, 2.45) is 17.4 Å². The van der Waals surface area contributed by atoms with Crippen molar-refractivity contribution in [2.45, 2.75) is 63.7 Å². The average Bonchev–Trinajstić information content (AvgIpc) is 2.75. The van der Waals surface area contributed by atoms with Crippen molar-refractivity contribution in [3.8, 4) is 0 Å². The summed E-state index contributed by atoms with van der Waals surface area (Å²) in [6.07, 6.45) is 2.43. The number of aliphatic carboxylic acids is 1. The molecule has 0 saturated heterocycles. The van der Waals surface area contributed by atoms with Crippen molar-refractivity contribution >= 4 is 54.0 Å². The van der Waals surface area contributed by atoms with E-state index in [1.807, 2.05) is 13.2 Å². The Morgan fingerprint density at radius 1 is 1.00 bits per heavy atom. The van der Waals surface area contributed by atoms with E-state index < -0.39 is 53.8 Å². The summed E-state index contributed by atoms with van der Waals surface area (Å²) in [6.45, 7) is 3.53. The molecule has 0 aromatic rings. The molecule has 0 saturated carbocycles. The van der Waals surface area contributed by atoms with E-state index in [4.69, 9.17) is 11.5 Å². The van der Waals surface area contributed by atoms with E-state index in [0.29, 0.717) is 18.6 Å². The topological polar surface area (TPSA) is 194 Å². The molecule has 184 valence electrons. The molecular weight excluding hydrogens is 458 g/mol. The highest BCUT2D eigenvalue weighted by Gasteiger charge is 2.32. The largest absolute Gasteiger partial charge is 0.480 e. The average molecular weight is 494 g/mol. The Morgan fingerprint density at radius 2 is 1.59 bits per heavy atom. The van der Waals surface area contributed by atoms with Gasteiger partial charge in [-0.2, -0.15) is 24.4 Å². The molecule has 8 N–H and O–H groups in total. The van der Waals surface area contributed by atoms with Gasteiger partial charge in [0.2, 0.25) is 23.6 Å². The zero-order valence-corrected chi connectivity index (χ0v) is 20.3. The first-order valence-corrected chi connectivity index (χ1v) is 12.3. The fourth-order valence-corrected chi connectivity index (χ4v) is 3.36. The van der Waals surface area contributed by atoms with Crippen LogP contribution in [0.5, 0.6) is 0 Å². The van der Waals surface area contributed by atoms with Crippen LogP contribution in [0.2, 0.25) is 0 Å². The third-order valence-electron chi connectivity index (χ3n) is 4.87. The fourth-order valence-electron chi connectivity index (χ4n) is 2.61. The van der Waals surface area contributed by atoms with Crippen molar-refractivity contribution in [1.82, 2.24) is 16.0 Å². The second kappa shape index (κ2) is 15.8. The number of amides is 4. The smallest absolute Gasteiger partial charge is 0.326 e. The summed E-state index contributed by atoms with van der Waals surface area (Å²) in [5.74, 6) is -3.57. The summed E-state index contributed by atoms with van der Waals surface area (Å²) in [5.41, 5.74) is 10.9. The van der Waals surface area contributed by atoms with E-state index in [1.165, 1.54) is 0 Å². The summed E-state index contributed by atoms with van der Waals surface area (Å²) < 4.78 is 0. The van der Waals surface area contributed by atoms with E-state index in [2.05, 4.69) is 28.6 Å². The predicted octanol–water partition coefficient (Wildman–Crippen LogP) is -1.15. The molecule has 0 aromatic heterocycles. The summed E-state index contributed by atoms with van der Waals surface area (Å²) in [7, 11) is 0. The molecule has 13 heteroatoms. The summed E-state index contributed by atoms with van der Waals surface area (Å²) >= 11 is 5.65. The van der Waals surface area contributed by atoms with Gasteiger partial charge in [0.15, 0.2) is 0 Å². The SMILES string of the molecule is CCC(C)C(NC(=O)C(CS)NC(=O)C(N)CCSC)C(=O)NC(CCC(N)=O)C(=O)O. The number of nitrogens with two attached hydrogens (primary N) is 2. The standard InChI is InChI=1S/C19H35N5O6S2/c1-4-10(2)15(18(28)22-12(19(29)30)5-6-14(21)25)24-17(27)13(9-31)23-16(26)11(20)7-8-32-3/h10-13,15,31H,4-9,20H2,1-3H3,(H2,21,25)(H,22,28)(H,23,26)(H,24,27)(H,29,30).